The van der Waals surface area contributed by atoms with Crippen LogP contribution in [0.15, 0.2) is 0 Å². The highest BCUT2D eigenvalue weighted by Crippen LogP contribution is 2.12. The van der Waals surface area contributed by atoms with Crippen molar-refractivity contribution >= 4 is 0 Å². The quantitative estimate of drug-likeness (QED) is 0.459. The first-order valence-corrected chi connectivity index (χ1v) is 3.84. The van der Waals surface area contributed by atoms with E-state index in [4.69, 9.17) is 5.11 Å². The van der Waals surface area contributed by atoms with Crippen molar-refractivity contribution in [3.63, 3.8) is 0 Å². The predicted molar refractivity (Wildman–Crippen MR) is 38.7 cm³/mol. The second kappa shape index (κ2) is 3.91. The Bertz CT molecular complexity index is 97.6. The summed E-state index contributed by atoms with van der Waals surface area (Å²) in [6, 6.07) is 0. The van der Waals surface area contributed by atoms with Crippen molar-refractivity contribution in [2.75, 3.05) is 19.7 Å². The zero-order valence-corrected chi connectivity index (χ0v) is 6.08. The number of β-amino-alcohol motifs (C(OH)–C–C–N with tert-alkyl or cyclic N) is 1. The molecule has 0 amide bonds. The summed E-state index contributed by atoms with van der Waals surface area (Å²) in [5, 5.41) is 21.2. The highest BCUT2D eigenvalue weighted by molar-refractivity contribution is 4.74. The Labute approximate surface area is 61.1 Å². The standard InChI is InChI=1S/C7H15NO2/c9-5-6-2-1-3-8-4-7(6)10/h6-10H,1-5H2. The third-order valence-corrected chi connectivity index (χ3v) is 2.06. The first-order valence-electron chi connectivity index (χ1n) is 3.84. The van der Waals surface area contributed by atoms with Crippen LogP contribution in [-0.4, -0.2) is 36.0 Å². The van der Waals surface area contributed by atoms with Crippen LogP contribution < -0.4 is 5.32 Å². The molecule has 1 aliphatic heterocycles. The molecular weight excluding hydrogens is 130 g/mol. The van der Waals surface area contributed by atoms with Gasteiger partial charge in [0.1, 0.15) is 0 Å². The summed E-state index contributed by atoms with van der Waals surface area (Å²) in [4.78, 5) is 0. The number of aliphatic hydroxyl groups is 2. The zero-order valence-electron chi connectivity index (χ0n) is 6.08. The minimum absolute atomic E-state index is 0.0926. The number of aliphatic hydroxyl groups excluding tert-OH is 2. The molecule has 0 bridgehead atoms. The van der Waals surface area contributed by atoms with E-state index in [1.165, 1.54) is 0 Å². The number of nitrogens with one attached hydrogen (secondary N) is 1. The first-order chi connectivity index (χ1) is 4.84. The first kappa shape index (κ1) is 7.98. The Hall–Kier alpha value is -0.120. The topological polar surface area (TPSA) is 52.5 Å². The lowest BCUT2D eigenvalue weighted by Gasteiger charge is -2.16. The van der Waals surface area contributed by atoms with Crippen LogP contribution in [0.3, 0.4) is 0 Å². The molecule has 1 fully saturated rings. The van der Waals surface area contributed by atoms with Gasteiger partial charge in [-0.25, -0.2) is 0 Å². The Morgan fingerprint density at radius 3 is 3.00 bits per heavy atom. The lowest BCUT2D eigenvalue weighted by atomic mass is 9.99. The van der Waals surface area contributed by atoms with Crippen molar-refractivity contribution < 1.29 is 10.2 Å². The van der Waals surface area contributed by atoms with Crippen molar-refractivity contribution in [1.29, 1.82) is 0 Å². The van der Waals surface area contributed by atoms with Crippen molar-refractivity contribution in [1.82, 2.24) is 5.32 Å². The van der Waals surface area contributed by atoms with Crippen LogP contribution in [0.5, 0.6) is 0 Å². The maximum Gasteiger partial charge on any atom is 0.0714 e. The Kier molecular flexibility index (Phi) is 3.12. The van der Waals surface area contributed by atoms with Crippen molar-refractivity contribution in [2.45, 2.75) is 18.9 Å². The maximum absolute atomic E-state index is 9.33. The summed E-state index contributed by atoms with van der Waals surface area (Å²) in [6.07, 6.45) is 1.64. The van der Waals surface area contributed by atoms with E-state index >= 15 is 0 Å². The van der Waals surface area contributed by atoms with Crippen molar-refractivity contribution in [3.05, 3.63) is 0 Å². The third kappa shape index (κ3) is 1.94. The highest BCUT2D eigenvalue weighted by Gasteiger charge is 2.19. The van der Waals surface area contributed by atoms with Crippen molar-refractivity contribution in [3.8, 4) is 0 Å². The van der Waals surface area contributed by atoms with E-state index in [0.717, 1.165) is 19.4 Å². The van der Waals surface area contributed by atoms with Gasteiger partial charge < -0.3 is 15.5 Å². The summed E-state index contributed by atoms with van der Waals surface area (Å²) in [7, 11) is 0. The Morgan fingerprint density at radius 2 is 2.30 bits per heavy atom. The molecule has 2 atom stereocenters. The molecule has 3 heteroatoms. The van der Waals surface area contributed by atoms with Crippen LogP contribution in [0.2, 0.25) is 0 Å². The van der Waals surface area contributed by atoms with Crippen LogP contribution in [0, 0.1) is 5.92 Å². The lowest BCUT2D eigenvalue weighted by Crippen LogP contribution is -2.31. The average molecular weight is 145 g/mol. The van der Waals surface area contributed by atoms with Gasteiger partial charge in [-0.3, -0.25) is 0 Å². The van der Waals surface area contributed by atoms with Crippen LogP contribution >= 0.6 is 0 Å². The monoisotopic (exact) mass is 145 g/mol. The summed E-state index contributed by atoms with van der Waals surface area (Å²) in [6.45, 7) is 1.71. The highest BCUT2D eigenvalue weighted by atomic mass is 16.3. The second-order valence-electron chi connectivity index (χ2n) is 2.86. The van der Waals surface area contributed by atoms with E-state index in [-0.39, 0.29) is 18.6 Å². The zero-order chi connectivity index (χ0) is 7.40. The van der Waals surface area contributed by atoms with Gasteiger partial charge in [0.2, 0.25) is 0 Å². The minimum atomic E-state index is -0.354. The van der Waals surface area contributed by atoms with Gasteiger partial charge in [-0.15, -0.1) is 0 Å². The molecule has 2 unspecified atom stereocenters. The molecule has 3 N–H and O–H groups in total. The molecule has 0 aromatic rings. The molecule has 0 aromatic heterocycles. The molecule has 1 saturated heterocycles. The van der Waals surface area contributed by atoms with Crippen LogP contribution in [0.4, 0.5) is 0 Å². The maximum atomic E-state index is 9.33. The molecule has 1 rings (SSSR count). The van der Waals surface area contributed by atoms with Gasteiger partial charge in [-0.05, 0) is 19.4 Å². The molecule has 1 aliphatic rings. The molecule has 0 aromatic carbocycles. The third-order valence-electron chi connectivity index (χ3n) is 2.06. The SMILES string of the molecule is OCC1CCCNCC1O. The Morgan fingerprint density at radius 1 is 1.50 bits per heavy atom. The van der Waals surface area contributed by atoms with Crippen molar-refractivity contribution in [2.24, 2.45) is 5.92 Å². The van der Waals surface area contributed by atoms with Gasteiger partial charge in [-0.2, -0.15) is 0 Å². The van der Waals surface area contributed by atoms with Crippen LogP contribution in [0.25, 0.3) is 0 Å². The number of rotatable bonds is 1. The molecule has 0 spiro atoms. The predicted octanol–water partition coefficient (Wildman–Crippen LogP) is -0.661. The van der Waals surface area contributed by atoms with Gasteiger partial charge in [0.25, 0.3) is 0 Å². The van der Waals surface area contributed by atoms with E-state index in [1.807, 2.05) is 0 Å². The molecule has 10 heavy (non-hydrogen) atoms. The van der Waals surface area contributed by atoms with E-state index < -0.39 is 0 Å². The fraction of sp³-hybridized carbons (Fsp3) is 1.00. The smallest absolute Gasteiger partial charge is 0.0714 e. The number of hydrogen-bond donors (Lipinski definition) is 3. The molecule has 60 valence electrons. The lowest BCUT2D eigenvalue weighted by molar-refractivity contribution is 0.0704. The number of hydrogen-bond acceptors (Lipinski definition) is 3. The normalized spacial score (nSPS) is 35.4. The Balaban J connectivity index is 2.35. The van der Waals surface area contributed by atoms with Gasteiger partial charge in [-0.1, -0.05) is 0 Å². The molecular formula is C7H15NO2. The fourth-order valence-corrected chi connectivity index (χ4v) is 1.31. The summed E-state index contributed by atoms with van der Waals surface area (Å²) < 4.78 is 0. The average Bonchev–Trinajstić information content (AvgIpc) is 2.13. The van der Waals surface area contributed by atoms with E-state index in [0.29, 0.717) is 6.54 Å². The summed E-state index contributed by atoms with van der Waals surface area (Å²) in [5.41, 5.74) is 0. The minimum Gasteiger partial charge on any atom is -0.396 e. The largest absolute Gasteiger partial charge is 0.396 e. The molecule has 0 aliphatic carbocycles. The summed E-state index contributed by atoms with van der Waals surface area (Å²) in [5.74, 6) is 0.0926. The molecule has 0 radical (unpaired) electrons. The molecule has 1 heterocycles. The van der Waals surface area contributed by atoms with E-state index in [2.05, 4.69) is 5.32 Å². The van der Waals surface area contributed by atoms with Crippen LogP contribution in [-0.2, 0) is 0 Å². The summed E-state index contributed by atoms with van der Waals surface area (Å²) >= 11 is 0. The van der Waals surface area contributed by atoms with Gasteiger partial charge >= 0.3 is 0 Å². The van der Waals surface area contributed by atoms with Gasteiger partial charge in [0.05, 0.1) is 6.10 Å². The van der Waals surface area contributed by atoms with E-state index in [9.17, 15) is 5.11 Å². The fourth-order valence-electron chi connectivity index (χ4n) is 1.31. The molecule has 0 saturated carbocycles. The second-order valence-corrected chi connectivity index (χ2v) is 2.86. The van der Waals surface area contributed by atoms with Gasteiger partial charge in [0, 0.05) is 19.1 Å². The van der Waals surface area contributed by atoms with Gasteiger partial charge in [0.15, 0.2) is 0 Å². The van der Waals surface area contributed by atoms with Crippen LogP contribution in [0.1, 0.15) is 12.8 Å². The van der Waals surface area contributed by atoms with E-state index in [1.54, 1.807) is 0 Å². The molecule has 3 nitrogen and oxygen atoms in total.